The summed E-state index contributed by atoms with van der Waals surface area (Å²) in [6.07, 6.45) is 0.807. The molecule has 0 aromatic heterocycles. The maximum Gasteiger partial charge on any atom is 0.326 e. The number of nitrogens with one attached hydrogen (secondary N) is 2. The molecule has 2 rings (SSSR count). The zero-order chi connectivity index (χ0) is 20.7. The van der Waals surface area contributed by atoms with Crippen LogP contribution in [0.4, 0.5) is 0 Å². The van der Waals surface area contributed by atoms with E-state index in [1.54, 1.807) is 60.7 Å². The molecule has 0 fully saturated rings. The Morgan fingerprint density at radius 1 is 0.963 bits per heavy atom. The van der Waals surface area contributed by atoms with Gasteiger partial charge in [-0.2, -0.15) is 0 Å². The van der Waals surface area contributed by atoms with E-state index >= 15 is 0 Å². The van der Waals surface area contributed by atoms with Crippen molar-refractivity contribution in [2.45, 2.75) is 24.9 Å². The van der Waals surface area contributed by atoms with Crippen LogP contribution in [0, 0.1) is 0 Å². The van der Waals surface area contributed by atoms with Crippen molar-refractivity contribution in [1.29, 1.82) is 0 Å². The summed E-state index contributed by atoms with van der Waals surface area (Å²) < 4.78 is 31.7. The summed E-state index contributed by atoms with van der Waals surface area (Å²) in [7, 11) is -3.99. The SMILES string of the molecule is [2H]N([C@H](Cc1ccccc1)C(=O)N[C@@H](Cc1ccccc1)C(=O)O)S(C)(=O)=O. The first-order valence-corrected chi connectivity index (χ1v) is 10.1. The van der Waals surface area contributed by atoms with Crippen LogP contribution >= 0.6 is 0 Å². The number of carboxylic acids is 1. The number of hydrogen-bond donors (Lipinski definition) is 3. The van der Waals surface area contributed by atoms with Gasteiger partial charge in [-0.3, -0.25) is 4.79 Å². The van der Waals surface area contributed by atoms with Crippen molar-refractivity contribution in [2.24, 2.45) is 0 Å². The summed E-state index contributed by atoms with van der Waals surface area (Å²) in [6.45, 7) is 0. The lowest BCUT2D eigenvalue weighted by Gasteiger charge is -2.21. The average molecular weight is 391 g/mol. The lowest BCUT2D eigenvalue weighted by atomic mass is 10.0. The van der Waals surface area contributed by atoms with Crippen LogP contribution in [0.1, 0.15) is 11.1 Å². The number of hydrogen-bond acceptors (Lipinski definition) is 4. The number of benzene rings is 2. The highest BCUT2D eigenvalue weighted by Crippen LogP contribution is 2.07. The zero-order valence-electron chi connectivity index (χ0n) is 15.8. The molecular weight excluding hydrogens is 368 g/mol. The normalized spacial score (nSPS) is 14.2. The van der Waals surface area contributed by atoms with Crippen molar-refractivity contribution in [3.8, 4) is 0 Å². The van der Waals surface area contributed by atoms with Gasteiger partial charge in [-0.15, -0.1) is 0 Å². The van der Waals surface area contributed by atoms with Crippen molar-refractivity contribution in [3.05, 3.63) is 71.8 Å². The first-order chi connectivity index (χ1) is 13.2. The van der Waals surface area contributed by atoms with Crippen LogP contribution in [0.3, 0.4) is 0 Å². The molecule has 0 aliphatic carbocycles. The standard InChI is InChI=1S/C19H22N2O5S/c1-27(25,26)21-16(12-14-8-4-2-5-9-14)18(22)20-17(19(23)24)13-15-10-6-3-7-11-15/h2-11,16-17,21H,12-13H2,1H3,(H,20,22)(H,23,24)/t16-,17+/m1/s1/i/hD. The molecule has 0 spiro atoms. The van der Waals surface area contributed by atoms with Gasteiger partial charge in [-0.1, -0.05) is 60.7 Å². The summed E-state index contributed by atoms with van der Waals surface area (Å²) in [5, 5.41) is 11.8. The van der Waals surface area contributed by atoms with Crippen molar-refractivity contribution in [1.82, 2.24) is 10.0 Å². The van der Waals surface area contributed by atoms with Gasteiger partial charge in [0, 0.05) is 6.42 Å². The number of amides is 1. The van der Waals surface area contributed by atoms with Crippen LogP contribution in [-0.2, 0) is 32.5 Å². The lowest BCUT2D eigenvalue weighted by molar-refractivity contribution is -0.142. The van der Waals surface area contributed by atoms with Crippen LogP contribution in [-0.4, -0.2) is 43.7 Å². The van der Waals surface area contributed by atoms with Crippen molar-refractivity contribution < 1.29 is 24.5 Å². The van der Waals surface area contributed by atoms with Gasteiger partial charge in [-0.25, -0.2) is 17.9 Å². The van der Waals surface area contributed by atoms with Gasteiger partial charge in [0.1, 0.15) is 13.5 Å². The highest BCUT2D eigenvalue weighted by atomic mass is 32.2. The van der Waals surface area contributed by atoms with E-state index in [9.17, 15) is 23.1 Å². The van der Waals surface area contributed by atoms with E-state index in [-0.39, 0.29) is 17.6 Å². The van der Waals surface area contributed by atoms with Crippen molar-refractivity contribution >= 4 is 21.9 Å². The van der Waals surface area contributed by atoms with E-state index in [1.807, 2.05) is 0 Å². The maximum atomic E-state index is 12.7. The minimum Gasteiger partial charge on any atom is -0.480 e. The first-order valence-electron chi connectivity index (χ1n) is 8.72. The smallest absolute Gasteiger partial charge is 0.326 e. The van der Waals surface area contributed by atoms with E-state index in [1.165, 1.54) is 0 Å². The second-order valence-corrected chi connectivity index (χ2v) is 7.81. The van der Waals surface area contributed by atoms with Gasteiger partial charge in [0.2, 0.25) is 15.9 Å². The molecule has 0 aliphatic rings. The molecule has 0 unspecified atom stereocenters. The maximum absolute atomic E-state index is 12.7. The monoisotopic (exact) mass is 391 g/mol. The van der Waals surface area contributed by atoms with E-state index in [4.69, 9.17) is 1.41 Å². The van der Waals surface area contributed by atoms with Crippen LogP contribution < -0.4 is 10.0 Å². The number of carbonyl (C=O) groups is 2. The summed E-state index contributed by atoms with van der Waals surface area (Å²) in [6, 6.07) is 14.8. The van der Waals surface area contributed by atoms with Crippen molar-refractivity contribution in [3.63, 3.8) is 0 Å². The molecule has 8 heteroatoms. The highest BCUT2D eigenvalue weighted by molar-refractivity contribution is 7.88. The number of carboxylic acid groups (broad SMARTS) is 1. The molecule has 7 nitrogen and oxygen atoms in total. The Morgan fingerprint density at radius 2 is 1.41 bits per heavy atom. The van der Waals surface area contributed by atoms with Crippen LogP contribution in [0.15, 0.2) is 60.7 Å². The fourth-order valence-electron chi connectivity index (χ4n) is 2.56. The largest absolute Gasteiger partial charge is 0.480 e. The van der Waals surface area contributed by atoms with Crippen LogP contribution in [0.25, 0.3) is 0 Å². The minimum absolute atomic E-state index is 0.0385. The molecule has 144 valence electrons. The minimum atomic E-state index is -3.99. The molecular formula is C19H22N2O5S. The second kappa shape index (κ2) is 9.29. The Bertz CT molecular complexity index is 906. The summed E-state index contributed by atoms with van der Waals surface area (Å²) in [5.74, 6) is -2.08. The summed E-state index contributed by atoms with van der Waals surface area (Å²) in [5.41, 5.74) is 1.36. The second-order valence-electron chi connectivity index (χ2n) is 6.13. The Balaban J connectivity index is 2.22. The zero-order valence-corrected chi connectivity index (χ0v) is 15.6. The molecule has 0 bridgehead atoms. The van der Waals surface area contributed by atoms with Gasteiger partial charge in [0.05, 0.1) is 6.26 Å². The Kier molecular flexibility index (Phi) is 6.56. The molecule has 0 saturated heterocycles. The number of rotatable bonds is 9. The average Bonchev–Trinajstić information content (AvgIpc) is 2.65. The number of sulfonamides is 1. The molecule has 2 aromatic rings. The topological polar surface area (TPSA) is 113 Å². The number of carbonyl (C=O) groups excluding carboxylic acids is 1. The molecule has 3 N–H and O–H groups in total. The molecule has 0 heterocycles. The van der Waals surface area contributed by atoms with Gasteiger partial charge in [0.15, 0.2) is 0 Å². The summed E-state index contributed by atoms with van der Waals surface area (Å²) in [4.78, 5) is 24.3. The predicted molar refractivity (Wildman–Crippen MR) is 102 cm³/mol. The van der Waals surface area contributed by atoms with Crippen LogP contribution in [0.5, 0.6) is 0 Å². The third-order valence-electron chi connectivity index (χ3n) is 3.79. The first kappa shape index (κ1) is 19.1. The third-order valence-corrected chi connectivity index (χ3v) is 4.43. The van der Waals surface area contributed by atoms with E-state index < -0.39 is 34.0 Å². The highest BCUT2D eigenvalue weighted by Gasteiger charge is 2.27. The molecule has 0 radical (unpaired) electrons. The summed E-state index contributed by atoms with van der Waals surface area (Å²) >= 11 is 0. The van der Waals surface area contributed by atoms with Gasteiger partial charge >= 0.3 is 5.97 Å². The lowest BCUT2D eigenvalue weighted by Crippen LogP contribution is -2.52. The number of aliphatic carboxylic acids is 1. The van der Waals surface area contributed by atoms with Crippen LogP contribution in [0.2, 0.25) is 1.41 Å². The van der Waals surface area contributed by atoms with Gasteiger partial charge in [0.25, 0.3) is 0 Å². The van der Waals surface area contributed by atoms with E-state index in [2.05, 4.69) is 5.32 Å². The molecule has 2 aromatic carbocycles. The Labute approximate surface area is 159 Å². The fraction of sp³-hybridized carbons (Fsp3) is 0.263. The molecule has 1 amide bonds. The van der Waals surface area contributed by atoms with Crippen molar-refractivity contribution in [2.75, 3.05) is 6.26 Å². The third kappa shape index (κ3) is 7.20. The van der Waals surface area contributed by atoms with E-state index in [0.717, 1.165) is 6.26 Å². The molecule has 0 aliphatic heterocycles. The Morgan fingerprint density at radius 3 is 1.81 bits per heavy atom. The van der Waals surface area contributed by atoms with Gasteiger partial charge in [-0.05, 0) is 17.5 Å². The quantitative estimate of drug-likeness (QED) is 0.589. The van der Waals surface area contributed by atoms with Gasteiger partial charge < -0.3 is 10.4 Å². The Hall–Kier alpha value is -2.71. The van der Waals surface area contributed by atoms with E-state index in [0.29, 0.717) is 11.1 Å². The molecule has 2 atom stereocenters. The predicted octanol–water partition coefficient (Wildman–Crippen LogP) is 0.959. The molecule has 27 heavy (non-hydrogen) atoms. The molecule has 0 saturated carbocycles. The fourth-order valence-corrected chi connectivity index (χ4v) is 3.20.